The first-order chi connectivity index (χ1) is 17.1. The van der Waals surface area contributed by atoms with E-state index in [9.17, 15) is 34.8 Å². The number of rotatable bonds is 8. The number of carbonyl (C=O) groups is 3. The molecule has 0 aromatic heterocycles. The van der Waals surface area contributed by atoms with Crippen LogP contribution in [0.5, 0.6) is 17.2 Å². The normalized spacial score (nSPS) is 17.8. The van der Waals surface area contributed by atoms with Gasteiger partial charge in [0.1, 0.15) is 28.6 Å². The van der Waals surface area contributed by atoms with Gasteiger partial charge in [0.25, 0.3) is 0 Å². The predicted molar refractivity (Wildman–Crippen MR) is 140 cm³/mol. The summed E-state index contributed by atoms with van der Waals surface area (Å²) in [5, 5.41) is 43.9. The molecule has 1 aliphatic rings. The van der Waals surface area contributed by atoms with Crippen LogP contribution in [0.2, 0.25) is 0 Å². The number of aryl methyl sites for hydroxylation is 1. The standard InChI is InChI=1S/C30H36O7/c1-16(2)14-18(23-26(35)29(3,4)28(37)30(5,6)27(23)36)22-20(32)15-21(33)24(25(22)34)19(31)13-12-17-10-8-7-9-11-17/h7-11,15-16,18,32-35H,12-14H2,1-6H3. The Bertz CT molecular complexity index is 1270. The monoisotopic (exact) mass is 508 g/mol. The molecule has 1 unspecified atom stereocenters. The molecule has 198 valence electrons. The van der Waals surface area contributed by atoms with E-state index in [1.807, 2.05) is 44.2 Å². The fourth-order valence-electron chi connectivity index (χ4n) is 5.25. The van der Waals surface area contributed by atoms with E-state index in [1.54, 1.807) is 0 Å². The van der Waals surface area contributed by atoms with Gasteiger partial charge >= 0.3 is 0 Å². The van der Waals surface area contributed by atoms with E-state index in [0.29, 0.717) is 6.42 Å². The van der Waals surface area contributed by atoms with Crippen molar-refractivity contribution in [2.24, 2.45) is 16.7 Å². The molecule has 0 fully saturated rings. The number of aromatic hydroxyl groups is 3. The average molecular weight is 509 g/mol. The van der Waals surface area contributed by atoms with E-state index in [4.69, 9.17) is 0 Å². The quantitative estimate of drug-likeness (QED) is 0.263. The van der Waals surface area contributed by atoms with Gasteiger partial charge in [-0.2, -0.15) is 0 Å². The number of carbonyl (C=O) groups excluding carboxylic acids is 3. The van der Waals surface area contributed by atoms with Crippen LogP contribution in [0.25, 0.3) is 0 Å². The summed E-state index contributed by atoms with van der Waals surface area (Å²) in [5.41, 5.74) is -2.48. The average Bonchev–Trinajstić information content (AvgIpc) is 2.81. The van der Waals surface area contributed by atoms with Crippen LogP contribution in [0.3, 0.4) is 0 Å². The molecule has 0 spiro atoms. The van der Waals surface area contributed by atoms with Crippen molar-refractivity contribution in [2.75, 3.05) is 0 Å². The first kappa shape index (κ1) is 28.0. The van der Waals surface area contributed by atoms with E-state index in [0.717, 1.165) is 11.6 Å². The number of phenols is 3. The van der Waals surface area contributed by atoms with Crippen molar-refractivity contribution in [3.05, 3.63) is 64.4 Å². The molecule has 0 amide bonds. The summed E-state index contributed by atoms with van der Waals surface area (Å²) < 4.78 is 0. The van der Waals surface area contributed by atoms with Gasteiger partial charge < -0.3 is 20.4 Å². The molecule has 0 saturated heterocycles. The molecule has 0 aliphatic heterocycles. The second-order valence-electron chi connectivity index (χ2n) is 11.3. The van der Waals surface area contributed by atoms with Gasteiger partial charge in [-0.25, -0.2) is 0 Å². The van der Waals surface area contributed by atoms with Gasteiger partial charge in [0, 0.05) is 29.5 Å². The third-order valence-corrected chi connectivity index (χ3v) is 7.26. The van der Waals surface area contributed by atoms with Crippen LogP contribution in [0.4, 0.5) is 0 Å². The van der Waals surface area contributed by atoms with Gasteiger partial charge in [0.05, 0.1) is 10.8 Å². The summed E-state index contributed by atoms with van der Waals surface area (Å²) in [5.74, 6) is -4.82. The number of aliphatic hydroxyl groups is 1. The molecule has 37 heavy (non-hydrogen) atoms. The first-order valence-electron chi connectivity index (χ1n) is 12.5. The Morgan fingerprint density at radius 1 is 0.892 bits per heavy atom. The first-order valence-corrected chi connectivity index (χ1v) is 12.5. The van der Waals surface area contributed by atoms with Crippen molar-refractivity contribution in [2.45, 2.75) is 66.7 Å². The number of benzene rings is 2. The Balaban J connectivity index is 2.19. The largest absolute Gasteiger partial charge is 0.511 e. The van der Waals surface area contributed by atoms with Crippen molar-refractivity contribution in [3.63, 3.8) is 0 Å². The van der Waals surface area contributed by atoms with Crippen molar-refractivity contribution in [1.82, 2.24) is 0 Å². The SMILES string of the molecule is CC(C)CC(C1=C(O)C(C)(C)C(=O)C(C)(C)C1=O)c1c(O)cc(O)c(C(=O)CCc2ccccc2)c1O. The summed E-state index contributed by atoms with van der Waals surface area (Å²) in [7, 11) is 0. The summed E-state index contributed by atoms with van der Waals surface area (Å²) in [6.07, 6.45) is 0.583. The van der Waals surface area contributed by atoms with Crippen LogP contribution in [0.15, 0.2) is 47.7 Å². The third kappa shape index (κ3) is 4.99. The molecule has 7 nitrogen and oxygen atoms in total. The molecule has 1 aliphatic carbocycles. The Labute approximate surface area is 217 Å². The molecular weight excluding hydrogens is 472 g/mol. The number of hydrogen-bond acceptors (Lipinski definition) is 7. The number of allylic oxidation sites excluding steroid dienone is 2. The van der Waals surface area contributed by atoms with E-state index in [2.05, 4.69) is 0 Å². The highest BCUT2D eigenvalue weighted by Gasteiger charge is 2.55. The molecule has 0 heterocycles. The number of phenolic OH excluding ortho intramolecular Hbond substituents is 3. The molecular formula is C30H36O7. The zero-order chi connectivity index (χ0) is 27.9. The topological polar surface area (TPSA) is 132 Å². The summed E-state index contributed by atoms with van der Waals surface area (Å²) >= 11 is 0. The number of Topliss-reactive ketones (excluding diaryl/α,β-unsaturated/α-hetero) is 3. The molecule has 0 radical (unpaired) electrons. The van der Waals surface area contributed by atoms with Gasteiger partial charge in [0.15, 0.2) is 17.3 Å². The van der Waals surface area contributed by atoms with Gasteiger partial charge in [-0.3, -0.25) is 14.4 Å². The van der Waals surface area contributed by atoms with Crippen molar-refractivity contribution in [3.8, 4) is 17.2 Å². The van der Waals surface area contributed by atoms with Crippen LogP contribution in [0, 0.1) is 16.7 Å². The molecule has 2 aromatic carbocycles. The van der Waals surface area contributed by atoms with Gasteiger partial charge in [-0.1, -0.05) is 44.2 Å². The maximum absolute atomic E-state index is 13.6. The van der Waals surface area contributed by atoms with E-state index < -0.39 is 57.1 Å². The lowest BCUT2D eigenvalue weighted by Gasteiger charge is -2.41. The maximum atomic E-state index is 13.6. The highest BCUT2D eigenvalue weighted by molar-refractivity contribution is 6.19. The Morgan fingerprint density at radius 3 is 2.05 bits per heavy atom. The van der Waals surface area contributed by atoms with Crippen LogP contribution < -0.4 is 0 Å². The molecule has 2 aromatic rings. The Hall–Kier alpha value is -3.61. The lowest BCUT2D eigenvalue weighted by Crippen LogP contribution is -2.49. The minimum atomic E-state index is -1.45. The molecule has 0 saturated carbocycles. The minimum absolute atomic E-state index is 0.00830. The maximum Gasteiger partial charge on any atom is 0.175 e. The molecule has 3 rings (SSSR count). The van der Waals surface area contributed by atoms with E-state index in [1.165, 1.54) is 27.7 Å². The van der Waals surface area contributed by atoms with Gasteiger partial charge in [0.2, 0.25) is 0 Å². The molecule has 7 heteroatoms. The minimum Gasteiger partial charge on any atom is -0.511 e. The van der Waals surface area contributed by atoms with Gasteiger partial charge in [-0.05, 0) is 52.0 Å². The van der Waals surface area contributed by atoms with Crippen molar-refractivity contribution in [1.29, 1.82) is 0 Å². The fraction of sp³-hybridized carbons (Fsp3) is 0.433. The second kappa shape index (κ2) is 10.0. The number of hydrogen-bond donors (Lipinski definition) is 4. The van der Waals surface area contributed by atoms with E-state index in [-0.39, 0.29) is 35.5 Å². The summed E-state index contributed by atoms with van der Waals surface area (Å²) in [6, 6.07) is 10.3. The van der Waals surface area contributed by atoms with E-state index >= 15 is 0 Å². The molecule has 1 atom stereocenters. The zero-order valence-corrected chi connectivity index (χ0v) is 22.3. The molecule has 4 N–H and O–H groups in total. The lowest BCUT2D eigenvalue weighted by molar-refractivity contribution is -0.144. The van der Waals surface area contributed by atoms with Crippen LogP contribution >= 0.6 is 0 Å². The zero-order valence-electron chi connectivity index (χ0n) is 22.3. The second-order valence-corrected chi connectivity index (χ2v) is 11.3. The van der Waals surface area contributed by atoms with Crippen molar-refractivity contribution >= 4 is 17.3 Å². The number of ketones is 3. The molecule has 0 bridgehead atoms. The lowest BCUT2D eigenvalue weighted by atomic mass is 9.60. The number of aliphatic hydroxyl groups excluding tert-OH is 1. The smallest absolute Gasteiger partial charge is 0.175 e. The summed E-state index contributed by atoms with van der Waals surface area (Å²) in [4.78, 5) is 39.8. The van der Waals surface area contributed by atoms with Gasteiger partial charge in [-0.15, -0.1) is 0 Å². The van der Waals surface area contributed by atoms with Crippen LogP contribution in [-0.4, -0.2) is 37.8 Å². The predicted octanol–water partition coefficient (Wildman–Crippen LogP) is 5.76. The highest BCUT2D eigenvalue weighted by atomic mass is 16.3. The Kier molecular flexibility index (Phi) is 7.59. The highest BCUT2D eigenvalue weighted by Crippen LogP contribution is 2.52. The fourth-order valence-corrected chi connectivity index (χ4v) is 5.25. The van der Waals surface area contributed by atoms with Crippen molar-refractivity contribution < 1.29 is 34.8 Å². The van der Waals surface area contributed by atoms with Crippen LogP contribution in [0.1, 0.15) is 81.8 Å². The third-order valence-electron chi connectivity index (χ3n) is 7.26. The Morgan fingerprint density at radius 2 is 1.49 bits per heavy atom. The summed E-state index contributed by atoms with van der Waals surface area (Å²) in [6.45, 7) is 9.79. The van der Waals surface area contributed by atoms with Crippen LogP contribution in [-0.2, 0) is 16.0 Å².